The maximum atomic E-state index is 12.7. The highest BCUT2D eigenvalue weighted by Gasteiger charge is 2.23. The number of amides is 2. The van der Waals surface area contributed by atoms with Crippen LogP contribution in [0.5, 0.6) is 11.5 Å². The molecule has 2 aromatic rings. The van der Waals surface area contributed by atoms with Gasteiger partial charge in [0, 0.05) is 37.9 Å². The number of piperazine rings is 1. The second-order valence-corrected chi connectivity index (χ2v) is 6.69. The van der Waals surface area contributed by atoms with Crippen LogP contribution < -0.4 is 19.7 Å². The average molecular weight is 369 g/mol. The molecule has 1 saturated heterocycles. The molecule has 6 nitrogen and oxygen atoms in total. The summed E-state index contributed by atoms with van der Waals surface area (Å²) in [6.45, 7) is 7.25. The Kier molecular flexibility index (Phi) is 5.74. The van der Waals surface area contributed by atoms with E-state index in [1.807, 2.05) is 4.90 Å². The number of nitrogens with one attached hydrogen (secondary N) is 1. The number of ether oxygens (including phenoxy) is 2. The number of benzene rings is 2. The molecule has 2 aromatic carbocycles. The van der Waals surface area contributed by atoms with Gasteiger partial charge >= 0.3 is 6.03 Å². The fourth-order valence-corrected chi connectivity index (χ4v) is 3.33. The van der Waals surface area contributed by atoms with E-state index in [0.717, 1.165) is 13.1 Å². The summed E-state index contributed by atoms with van der Waals surface area (Å²) in [6, 6.07) is 11.6. The topological polar surface area (TPSA) is 54.0 Å². The van der Waals surface area contributed by atoms with Gasteiger partial charge in [-0.2, -0.15) is 0 Å². The minimum Gasteiger partial charge on any atom is -0.497 e. The maximum Gasteiger partial charge on any atom is 0.322 e. The van der Waals surface area contributed by atoms with E-state index in [4.69, 9.17) is 9.47 Å². The SMILES string of the molecule is COc1ccc(OC)c(NC(=O)N2CCN(c3cccc(C)c3C)CC2)c1. The van der Waals surface area contributed by atoms with Crippen LogP contribution in [0.4, 0.5) is 16.2 Å². The first-order chi connectivity index (χ1) is 13.0. The van der Waals surface area contributed by atoms with Crippen LogP contribution in [0.1, 0.15) is 11.1 Å². The molecule has 1 aliphatic rings. The number of anilines is 2. The van der Waals surface area contributed by atoms with Gasteiger partial charge in [-0.3, -0.25) is 0 Å². The molecule has 1 heterocycles. The smallest absolute Gasteiger partial charge is 0.322 e. The van der Waals surface area contributed by atoms with Crippen molar-refractivity contribution in [1.82, 2.24) is 4.90 Å². The van der Waals surface area contributed by atoms with Gasteiger partial charge in [0.05, 0.1) is 19.9 Å². The predicted molar refractivity (Wildman–Crippen MR) is 108 cm³/mol. The van der Waals surface area contributed by atoms with Crippen LogP contribution in [-0.2, 0) is 0 Å². The van der Waals surface area contributed by atoms with Crippen molar-refractivity contribution < 1.29 is 14.3 Å². The number of carbonyl (C=O) groups is 1. The van der Waals surface area contributed by atoms with Gasteiger partial charge < -0.3 is 24.6 Å². The zero-order chi connectivity index (χ0) is 19.4. The summed E-state index contributed by atoms with van der Waals surface area (Å²) < 4.78 is 10.6. The summed E-state index contributed by atoms with van der Waals surface area (Å²) in [5.41, 5.74) is 4.46. The molecule has 1 aliphatic heterocycles. The van der Waals surface area contributed by atoms with E-state index in [2.05, 4.69) is 42.3 Å². The van der Waals surface area contributed by atoms with Gasteiger partial charge in [0.25, 0.3) is 0 Å². The van der Waals surface area contributed by atoms with E-state index in [1.165, 1.54) is 16.8 Å². The quantitative estimate of drug-likeness (QED) is 0.893. The molecule has 0 spiro atoms. The van der Waals surface area contributed by atoms with E-state index < -0.39 is 0 Å². The molecule has 0 unspecified atom stereocenters. The van der Waals surface area contributed by atoms with Crippen LogP contribution in [0.3, 0.4) is 0 Å². The number of urea groups is 1. The highest BCUT2D eigenvalue weighted by atomic mass is 16.5. The highest BCUT2D eigenvalue weighted by Crippen LogP contribution is 2.29. The molecule has 144 valence electrons. The van der Waals surface area contributed by atoms with Gasteiger partial charge in [-0.15, -0.1) is 0 Å². The summed E-state index contributed by atoms with van der Waals surface area (Å²) in [7, 11) is 3.18. The lowest BCUT2D eigenvalue weighted by atomic mass is 10.1. The minimum atomic E-state index is -0.123. The van der Waals surface area contributed by atoms with Crippen molar-refractivity contribution in [1.29, 1.82) is 0 Å². The molecular weight excluding hydrogens is 342 g/mol. The molecule has 1 fully saturated rings. The normalized spacial score (nSPS) is 14.1. The second-order valence-electron chi connectivity index (χ2n) is 6.69. The van der Waals surface area contributed by atoms with Gasteiger partial charge in [-0.25, -0.2) is 4.79 Å². The molecule has 1 N–H and O–H groups in total. The summed E-state index contributed by atoms with van der Waals surface area (Å²) in [5.74, 6) is 1.28. The molecule has 27 heavy (non-hydrogen) atoms. The highest BCUT2D eigenvalue weighted by molar-refractivity contribution is 5.91. The number of aryl methyl sites for hydroxylation is 1. The molecule has 0 atom stereocenters. The first kappa shape index (κ1) is 18.9. The van der Waals surface area contributed by atoms with Crippen molar-refractivity contribution in [3.05, 3.63) is 47.5 Å². The van der Waals surface area contributed by atoms with Crippen LogP contribution in [0.25, 0.3) is 0 Å². The number of carbonyl (C=O) groups excluding carboxylic acids is 1. The Morgan fingerprint density at radius 2 is 1.74 bits per heavy atom. The number of hydrogen-bond acceptors (Lipinski definition) is 4. The van der Waals surface area contributed by atoms with Crippen molar-refractivity contribution in [2.24, 2.45) is 0 Å². The third kappa shape index (κ3) is 4.10. The fraction of sp³-hybridized carbons (Fsp3) is 0.381. The first-order valence-electron chi connectivity index (χ1n) is 9.12. The molecular formula is C21H27N3O3. The Balaban J connectivity index is 1.64. The molecule has 6 heteroatoms. The zero-order valence-electron chi connectivity index (χ0n) is 16.4. The summed E-state index contributed by atoms with van der Waals surface area (Å²) in [4.78, 5) is 16.9. The molecule has 0 saturated carbocycles. The third-order valence-electron chi connectivity index (χ3n) is 5.13. The Morgan fingerprint density at radius 3 is 2.41 bits per heavy atom. The Labute approximate surface area is 160 Å². The molecule has 2 amide bonds. The van der Waals surface area contributed by atoms with Crippen LogP contribution >= 0.6 is 0 Å². The lowest BCUT2D eigenvalue weighted by molar-refractivity contribution is 0.208. The third-order valence-corrected chi connectivity index (χ3v) is 5.13. The number of methoxy groups -OCH3 is 2. The van der Waals surface area contributed by atoms with Crippen LogP contribution in [0.15, 0.2) is 36.4 Å². The van der Waals surface area contributed by atoms with E-state index in [1.54, 1.807) is 32.4 Å². The number of rotatable bonds is 4. The Hall–Kier alpha value is -2.89. The summed E-state index contributed by atoms with van der Waals surface area (Å²) >= 11 is 0. The van der Waals surface area contributed by atoms with Gasteiger partial charge in [0.1, 0.15) is 11.5 Å². The van der Waals surface area contributed by atoms with Gasteiger partial charge in [-0.05, 0) is 43.2 Å². The van der Waals surface area contributed by atoms with Crippen molar-refractivity contribution in [3.63, 3.8) is 0 Å². The molecule has 3 rings (SSSR count). The van der Waals surface area contributed by atoms with E-state index in [0.29, 0.717) is 30.3 Å². The average Bonchev–Trinajstić information content (AvgIpc) is 2.70. The predicted octanol–water partition coefficient (Wildman–Crippen LogP) is 3.67. The van der Waals surface area contributed by atoms with Crippen LogP contribution in [0.2, 0.25) is 0 Å². The van der Waals surface area contributed by atoms with Crippen molar-refractivity contribution >= 4 is 17.4 Å². The summed E-state index contributed by atoms with van der Waals surface area (Å²) in [6.07, 6.45) is 0. The maximum absolute atomic E-state index is 12.7. The zero-order valence-corrected chi connectivity index (χ0v) is 16.4. The van der Waals surface area contributed by atoms with E-state index >= 15 is 0 Å². The minimum absolute atomic E-state index is 0.123. The summed E-state index contributed by atoms with van der Waals surface area (Å²) in [5, 5.41) is 2.94. The van der Waals surface area contributed by atoms with E-state index in [9.17, 15) is 4.79 Å². The van der Waals surface area contributed by atoms with Gasteiger partial charge in [0.2, 0.25) is 0 Å². The molecule has 0 radical (unpaired) electrons. The Bertz CT molecular complexity index is 814. The number of nitrogens with zero attached hydrogens (tertiary/aromatic N) is 2. The lowest BCUT2D eigenvalue weighted by Crippen LogP contribution is -2.50. The van der Waals surface area contributed by atoms with Crippen LogP contribution in [0, 0.1) is 13.8 Å². The van der Waals surface area contributed by atoms with Crippen LogP contribution in [-0.4, -0.2) is 51.3 Å². The van der Waals surface area contributed by atoms with Crippen molar-refractivity contribution in [2.45, 2.75) is 13.8 Å². The fourth-order valence-electron chi connectivity index (χ4n) is 3.33. The van der Waals surface area contributed by atoms with Crippen molar-refractivity contribution in [2.75, 3.05) is 50.6 Å². The first-order valence-corrected chi connectivity index (χ1v) is 9.12. The van der Waals surface area contributed by atoms with Gasteiger partial charge in [-0.1, -0.05) is 12.1 Å². The van der Waals surface area contributed by atoms with Crippen molar-refractivity contribution in [3.8, 4) is 11.5 Å². The van der Waals surface area contributed by atoms with Gasteiger partial charge in [0.15, 0.2) is 0 Å². The second kappa shape index (κ2) is 8.20. The Morgan fingerprint density at radius 1 is 1.00 bits per heavy atom. The van der Waals surface area contributed by atoms with E-state index in [-0.39, 0.29) is 6.03 Å². The molecule has 0 aliphatic carbocycles. The molecule has 0 aromatic heterocycles. The number of hydrogen-bond donors (Lipinski definition) is 1. The monoisotopic (exact) mass is 369 g/mol. The lowest BCUT2D eigenvalue weighted by Gasteiger charge is -2.37. The standard InChI is InChI=1S/C21H27N3O3/c1-15-6-5-7-19(16(15)2)23-10-12-24(13-11-23)21(25)22-18-14-17(26-3)8-9-20(18)27-4/h5-9,14H,10-13H2,1-4H3,(H,22,25). The largest absolute Gasteiger partial charge is 0.497 e. The molecule has 0 bridgehead atoms.